The number of carbonyl (C=O) groups excluding carboxylic acids is 1. The van der Waals surface area contributed by atoms with Crippen LogP contribution in [0.2, 0.25) is 0 Å². The van der Waals surface area contributed by atoms with E-state index in [0.717, 1.165) is 29.7 Å². The SMILES string of the molecule is CCOC(=O)C1=C(C)N=c2sc(=Cc3ccc(N(CC)CC)o3)c(=O)n2[C@H]1c1c(OC)ccc2ccccc12. The summed E-state index contributed by atoms with van der Waals surface area (Å²) in [6.07, 6.45) is 1.73. The number of nitrogens with zero attached hydrogens (tertiary/aromatic N) is 3. The molecule has 0 N–H and O–H groups in total. The van der Waals surface area contributed by atoms with Gasteiger partial charge in [0.1, 0.15) is 17.6 Å². The molecule has 5 rings (SSSR count). The van der Waals surface area contributed by atoms with Crippen LogP contribution >= 0.6 is 11.3 Å². The van der Waals surface area contributed by atoms with E-state index < -0.39 is 12.0 Å². The Morgan fingerprint density at radius 3 is 2.62 bits per heavy atom. The van der Waals surface area contributed by atoms with Gasteiger partial charge in [0.25, 0.3) is 5.56 Å². The molecule has 0 aliphatic carbocycles. The third kappa shape index (κ3) is 4.67. The molecule has 39 heavy (non-hydrogen) atoms. The van der Waals surface area contributed by atoms with E-state index in [4.69, 9.17) is 13.9 Å². The molecule has 0 radical (unpaired) electrons. The number of thiazole rings is 1. The molecular weight excluding hydrogens is 514 g/mol. The summed E-state index contributed by atoms with van der Waals surface area (Å²) in [6, 6.07) is 14.6. The fraction of sp³-hybridized carbons (Fsp3) is 0.300. The van der Waals surface area contributed by atoms with Gasteiger partial charge in [0.05, 0.1) is 29.5 Å². The van der Waals surface area contributed by atoms with Crippen LogP contribution in [-0.4, -0.2) is 37.3 Å². The van der Waals surface area contributed by atoms with Crippen molar-refractivity contribution in [2.24, 2.45) is 4.99 Å². The molecule has 1 aliphatic heterocycles. The quantitative estimate of drug-likeness (QED) is 0.305. The van der Waals surface area contributed by atoms with Crippen molar-refractivity contribution >= 4 is 40.0 Å². The largest absolute Gasteiger partial charge is 0.496 e. The summed E-state index contributed by atoms with van der Waals surface area (Å²) in [4.78, 5) is 34.7. The van der Waals surface area contributed by atoms with Crippen molar-refractivity contribution in [2.75, 3.05) is 31.7 Å². The molecule has 0 spiro atoms. The highest BCUT2D eigenvalue weighted by Gasteiger charge is 2.36. The van der Waals surface area contributed by atoms with Crippen molar-refractivity contribution in [3.8, 4) is 5.75 Å². The van der Waals surface area contributed by atoms with Gasteiger partial charge < -0.3 is 18.8 Å². The number of fused-ring (bicyclic) bond motifs is 2. The number of hydrogen-bond acceptors (Lipinski definition) is 8. The zero-order valence-corrected chi connectivity index (χ0v) is 23.5. The number of furan rings is 1. The first kappa shape index (κ1) is 26.5. The van der Waals surface area contributed by atoms with Gasteiger partial charge in [-0.05, 0) is 50.6 Å². The fourth-order valence-corrected chi connectivity index (χ4v) is 6.08. The first-order valence-corrected chi connectivity index (χ1v) is 13.8. The van der Waals surface area contributed by atoms with E-state index in [-0.39, 0.29) is 12.2 Å². The van der Waals surface area contributed by atoms with E-state index in [1.807, 2.05) is 48.5 Å². The van der Waals surface area contributed by atoms with Crippen molar-refractivity contribution in [1.29, 1.82) is 0 Å². The second-order valence-electron chi connectivity index (χ2n) is 9.05. The lowest BCUT2D eigenvalue weighted by atomic mass is 9.90. The third-order valence-corrected chi connectivity index (χ3v) is 7.89. The lowest BCUT2D eigenvalue weighted by Gasteiger charge is -2.27. The smallest absolute Gasteiger partial charge is 0.338 e. The molecule has 202 valence electrons. The second kappa shape index (κ2) is 10.9. The van der Waals surface area contributed by atoms with Crippen LogP contribution in [0.3, 0.4) is 0 Å². The molecule has 3 heterocycles. The molecule has 1 aliphatic rings. The number of allylic oxidation sites excluding steroid dienone is 1. The van der Waals surface area contributed by atoms with Crippen molar-refractivity contribution in [2.45, 2.75) is 33.7 Å². The highest BCUT2D eigenvalue weighted by molar-refractivity contribution is 7.07. The molecule has 0 fully saturated rings. The lowest BCUT2D eigenvalue weighted by Crippen LogP contribution is -2.40. The molecule has 0 bridgehead atoms. The molecule has 0 amide bonds. The van der Waals surface area contributed by atoms with Crippen molar-refractivity contribution in [3.05, 3.63) is 90.8 Å². The van der Waals surface area contributed by atoms with Gasteiger partial charge in [-0.1, -0.05) is 41.7 Å². The Hall–Kier alpha value is -4.11. The normalized spacial score (nSPS) is 15.3. The minimum absolute atomic E-state index is 0.201. The van der Waals surface area contributed by atoms with E-state index in [9.17, 15) is 9.59 Å². The molecule has 0 saturated carbocycles. The number of hydrogen-bond donors (Lipinski definition) is 0. The summed E-state index contributed by atoms with van der Waals surface area (Å²) >= 11 is 1.26. The van der Waals surface area contributed by atoms with Crippen LogP contribution in [0.5, 0.6) is 5.75 Å². The maximum atomic E-state index is 14.0. The van der Waals surface area contributed by atoms with E-state index in [1.165, 1.54) is 11.3 Å². The van der Waals surface area contributed by atoms with Gasteiger partial charge in [0.2, 0.25) is 0 Å². The van der Waals surface area contributed by atoms with Gasteiger partial charge >= 0.3 is 5.97 Å². The number of rotatable bonds is 8. The predicted octanol–water partition coefficient (Wildman–Crippen LogP) is 4.40. The number of ether oxygens (including phenoxy) is 2. The summed E-state index contributed by atoms with van der Waals surface area (Å²) in [6.45, 7) is 9.49. The molecule has 4 aromatic rings. The number of carbonyl (C=O) groups is 1. The molecule has 0 unspecified atom stereocenters. The van der Waals surface area contributed by atoms with Gasteiger partial charge in [0, 0.05) is 30.8 Å². The van der Waals surface area contributed by atoms with Gasteiger partial charge in [-0.3, -0.25) is 9.36 Å². The molecule has 2 aromatic carbocycles. The Morgan fingerprint density at radius 2 is 1.90 bits per heavy atom. The molecule has 2 aromatic heterocycles. The maximum Gasteiger partial charge on any atom is 0.338 e. The summed E-state index contributed by atoms with van der Waals surface area (Å²) in [5.74, 6) is 1.38. The first-order chi connectivity index (χ1) is 18.9. The minimum Gasteiger partial charge on any atom is -0.496 e. The molecule has 1 atom stereocenters. The minimum atomic E-state index is -0.786. The fourth-order valence-electron chi connectivity index (χ4n) is 5.05. The first-order valence-electron chi connectivity index (χ1n) is 13.0. The van der Waals surface area contributed by atoms with Crippen LogP contribution in [0.15, 0.2) is 74.0 Å². The molecule has 9 heteroatoms. The average Bonchev–Trinajstić information content (AvgIpc) is 3.52. The number of aromatic nitrogens is 1. The van der Waals surface area contributed by atoms with Crippen molar-refractivity contribution < 1.29 is 18.7 Å². The number of anilines is 1. The number of esters is 1. The van der Waals surface area contributed by atoms with Crippen molar-refractivity contribution in [3.63, 3.8) is 0 Å². The van der Waals surface area contributed by atoms with Gasteiger partial charge in [-0.15, -0.1) is 0 Å². The van der Waals surface area contributed by atoms with Crippen molar-refractivity contribution in [1.82, 2.24) is 4.57 Å². The zero-order chi connectivity index (χ0) is 27.7. The van der Waals surface area contributed by atoms with Crippen LogP contribution in [0.1, 0.15) is 45.1 Å². The Balaban J connectivity index is 1.77. The van der Waals surface area contributed by atoms with E-state index in [0.29, 0.717) is 37.7 Å². The molecule has 0 saturated heterocycles. The van der Waals surface area contributed by atoms with E-state index in [2.05, 4.69) is 23.7 Å². The number of methoxy groups -OCH3 is 1. The van der Waals surface area contributed by atoms with Crippen LogP contribution < -0.4 is 24.5 Å². The molecular formula is C30H31N3O5S. The van der Waals surface area contributed by atoms with Gasteiger partial charge in [-0.2, -0.15) is 0 Å². The van der Waals surface area contributed by atoms with Crippen LogP contribution in [0, 0.1) is 0 Å². The topological polar surface area (TPSA) is 86.3 Å². The summed E-state index contributed by atoms with van der Waals surface area (Å²) in [5.41, 5.74) is 1.26. The van der Waals surface area contributed by atoms with E-state index in [1.54, 1.807) is 31.6 Å². The summed E-state index contributed by atoms with van der Waals surface area (Å²) < 4.78 is 19.3. The lowest BCUT2D eigenvalue weighted by molar-refractivity contribution is -0.139. The van der Waals surface area contributed by atoms with Crippen LogP contribution in [-0.2, 0) is 9.53 Å². The highest BCUT2D eigenvalue weighted by Crippen LogP contribution is 2.40. The van der Waals surface area contributed by atoms with Gasteiger partial charge in [0.15, 0.2) is 10.7 Å². The second-order valence-corrected chi connectivity index (χ2v) is 10.1. The monoisotopic (exact) mass is 545 g/mol. The Labute approximate surface area is 230 Å². The summed E-state index contributed by atoms with van der Waals surface area (Å²) in [5, 5.41) is 1.84. The molecule has 8 nitrogen and oxygen atoms in total. The summed E-state index contributed by atoms with van der Waals surface area (Å²) in [7, 11) is 1.59. The van der Waals surface area contributed by atoms with E-state index >= 15 is 0 Å². The third-order valence-electron chi connectivity index (χ3n) is 6.90. The van der Waals surface area contributed by atoms with Crippen LogP contribution in [0.4, 0.5) is 5.88 Å². The van der Waals surface area contributed by atoms with Crippen LogP contribution in [0.25, 0.3) is 16.8 Å². The Morgan fingerprint density at radius 1 is 1.13 bits per heavy atom. The maximum absolute atomic E-state index is 14.0. The zero-order valence-electron chi connectivity index (χ0n) is 22.7. The standard InChI is InChI=1S/C30H31N3O5S/c1-6-32(7-2)24-16-14-20(38-24)17-23-28(34)33-27(25(29(35)37-8-3)18(4)31-30(33)39-23)26-21-12-10-9-11-19(21)13-15-22(26)36-5/h9-17,27H,6-8H2,1-5H3/t27-/m1/s1. The predicted molar refractivity (Wildman–Crippen MR) is 153 cm³/mol. The number of benzene rings is 2. The highest BCUT2D eigenvalue weighted by atomic mass is 32.1. The average molecular weight is 546 g/mol. The Kier molecular flexibility index (Phi) is 7.43. The Bertz CT molecular complexity index is 1760. The van der Waals surface area contributed by atoms with Gasteiger partial charge in [-0.25, -0.2) is 9.79 Å².